The van der Waals surface area contributed by atoms with Gasteiger partial charge in [0.2, 0.25) is 5.13 Å². The maximum absolute atomic E-state index is 4.47. The van der Waals surface area contributed by atoms with Crippen LogP contribution in [0.15, 0.2) is 65.6 Å². The van der Waals surface area contributed by atoms with E-state index in [9.17, 15) is 0 Å². The van der Waals surface area contributed by atoms with E-state index in [2.05, 4.69) is 26.2 Å². The molecule has 0 fully saturated rings. The lowest BCUT2D eigenvalue weighted by Crippen LogP contribution is -1.85. The minimum atomic E-state index is 0.766. The normalized spacial score (nSPS) is 10.3. The summed E-state index contributed by atoms with van der Waals surface area (Å²) in [5, 5.41) is 0.813. The Hall–Kier alpha value is -1.85. The summed E-state index contributed by atoms with van der Waals surface area (Å²) in [6.07, 6.45) is 0. The van der Waals surface area contributed by atoms with E-state index in [0.717, 1.165) is 21.4 Å². The summed E-state index contributed by atoms with van der Waals surface area (Å²) < 4.78 is 7.57. The van der Waals surface area contributed by atoms with Gasteiger partial charge in [0.25, 0.3) is 0 Å². The van der Waals surface area contributed by atoms with E-state index < -0.39 is 0 Å². The molecule has 1 N–H and O–H groups in total. The zero-order chi connectivity index (χ0) is 12.9. The van der Waals surface area contributed by atoms with Crippen molar-refractivity contribution in [3.63, 3.8) is 0 Å². The molecule has 0 aliphatic carbocycles. The number of hydrogen-bond acceptors (Lipinski definition) is 5. The molecule has 0 spiro atoms. The number of nitrogens with one attached hydrogen (secondary N) is 1. The smallest absolute Gasteiger partial charge is 0.213 e. The molecule has 0 aliphatic heterocycles. The Morgan fingerprint density at radius 2 is 1.58 bits per heavy atom. The second kappa shape index (κ2) is 5.86. The minimum Gasteiger partial charge on any atom is -0.300 e. The van der Waals surface area contributed by atoms with E-state index in [-0.39, 0.29) is 0 Å². The summed E-state index contributed by atoms with van der Waals surface area (Å²) in [6.45, 7) is 0. The average Bonchev–Trinajstić information content (AvgIpc) is 2.96. The summed E-state index contributed by atoms with van der Waals surface area (Å²) in [7, 11) is 0. The van der Waals surface area contributed by atoms with Crippen molar-refractivity contribution in [2.75, 3.05) is 4.72 Å². The third kappa shape index (κ3) is 3.13. The van der Waals surface area contributed by atoms with Gasteiger partial charge in [0.05, 0.1) is 0 Å². The summed E-state index contributed by atoms with van der Waals surface area (Å²) in [4.78, 5) is 5.62. The molecule has 3 rings (SSSR count). The van der Waals surface area contributed by atoms with E-state index >= 15 is 0 Å². The van der Waals surface area contributed by atoms with Crippen LogP contribution in [-0.2, 0) is 0 Å². The van der Waals surface area contributed by atoms with Crippen LogP contribution in [0.3, 0.4) is 0 Å². The quantitative estimate of drug-likeness (QED) is 0.724. The van der Waals surface area contributed by atoms with Crippen LogP contribution in [0.5, 0.6) is 0 Å². The van der Waals surface area contributed by atoms with Gasteiger partial charge in [-0.3, -0.25) is 0 Å². The van der Waals surface area contributed by atoms with Crippen LogP contribution in [-0.4, -0.2) is 9.36 Å². The zero-order valence-electron chi connectivity index (χ0n) is 9.98. The first kappa shape index (κ1) is 12.2. The van der Waals surface area contributed by atoms with Crippen LogP contribution in [0.1, 0.15) is 0 Å². The molecule has 94 valence electrons. The molecule has 0 bridgehead atoms. The molecule has 19 heavy (non-hydrogen) atoms. The number of aromatic nitrogens is 2. The van der Waals surface area contributed by atoms with E-state index in [1.807, 2.05) is 48.5 Å². The van der Waals surface area contributed by atoms with E-state index in [4.69, 9.17) is 0 Å². The molecule has 1 aromatic heterocycles. The van der Waals surface area contributed by atoms with Crippen LogP contribution in [0.2, 0.25) is 0 Å². The van der Waals surface area contributed by atoms with Crippen LogP contribution in [0.25, 0.3) is 11.4 Å². The van der Waals surface area contributed by atoms with Crippen molar-refractivity contribution in [1.29, 1.82) is 0 Å². The van der Waals surface area contributed by atoms with Crippen molar-refractivity contribution in [1.82, 2.24) is 9.36 Å². The van der Waals surface area contributed by atoms with Crippen molar-refractivity contribution in [3.05, 3.63) is 60.7 Å². The van der Waals surface area contributed by atoms with Crippen molar-refractivity contribution in [2.45, 2.75) is 4.90 Å². The molecule has 1 heterocycles. The highest BCUT2D eigenvalue weighted by Crippen LogP contribution is 2.25. The molecule has 5 heteroatoms. The fourth-order valence-electron chi connectivity index (χ4n) is 1.56. The number of anilines is 1. The molecule has 0 saturated carbocycles. The molecule has 0 unspecified atom stereocenters. The summed E-state index contributed by atoms with van der Waals surface area (Å²) in [5.74, 6) is 0.766. The molecule has 0 aliphatic rings. The Morgan fingerprint density at radius 1 is 0.895 bits per heavy atom. The molecular formula is C14H11N3S2. The van der Waals surface area contributed by atoms with Crippen molar-refractivity contribution >= 4 is 28.6 Å². The number of rotatable bonds is 4. The average molecular weight is 285 g/mol. The van der Waals surface area contributed by atoms with Crippen LogP contribution in [0, 0.1) is 0 Å². The highest BCUT2D eigenvalue weighted by molar-refractivity contribution is 8.00. The Labute approximate surface area is 120 Å². The van der Waals surface area contributed by atoms with Crippen molar-refractivity contribution in [3.8, 4) is 11.4 Å². The second-order valence-electron chi connectivity index (χ2n) is 3.81. The van der Waals surface area contributed by atoms with Crippen LogP contribution in [0.4, 0.5) is 5.13 Å². The number of hydrogen-bond donors (Lipinski definition) is 1. The first-order valence-electron chi connectivity index (χ1n) is 5.79. The Kier molecular flexibility index (Phi) is 3.76. The lowest BCUT2D eigenvalue weighted by molar-refractivity contribution is 1.33. The monoisotopic (exact) mass is 285 g/mol. The largest absolute Gasteiger partial charge is 0.300 e. The van der Waals surface area contributed by atoms with E-state index in [1.165, 1.54) is 23.5 Å². The molecular weight excluding hydrogens is 274 g/mol. The molecule has 2 aromatic carbocycles. The first-order valence-corrected chi connectivity index (χ1v) is 7.38. The maximum atomic E-state index is 4.47. The first-order chi connectivity index (χ1) is 9.42. The fraction of sp³-hybridized carbons (Fsp3) is 0. The van der Waals surface area contributed by atoms with Gasteiger partial charge in [-0.1, -0.05) is 48.5 Å². The topological polar surface area (TPSA) is 37.8 Å². The van der Waals surface area contributed by atoms with Gasteiger partial charge in [-0.15, -0.1) is 0 Å². The van der Waals surface area contributed by atoms with Gasteiger partial charge in [-0.2, -0.15) is 9.36 Å². The highest BCUT2D eigenvalue weighted by atomic mass is 32.2. The summed E-state index contributed by atoms with van der Waals surface area (Å²) >= 11 is 2.91. The van der Waals surface area contributed by atoms with Gasteiger partial charge in [-0.25, -0.2) is 0 Å². The van der Waals surface area contributed by atoms with E-state index in [0.29, 0.717) is 0 Å². The van der Waals surface area contributed by atoms with Gasteiger partial charge in [0.1, 0.15) is 0 Å². The molecule has 3 nitrogen and oxygen atoms in total. The van der Waals surface area contributed by atoms with Crippen LogP contribution < -0.4 is 4.72 Å². The summed E-state index contributed by atoms with van der Waals surface area (Å²) in [5.41, 5.74) is 1.04. The molecule has 3 aromatic rings. The van der Waals surface area contributed by atoms with Gasteiger partial charge in [-0.05, 0) is 24.1 Å². The predicted molar refractivity (Wildman–Crippen MR) is 81.3 cm³/mol. The fourth-order valence-corrected chi connectivity index (χ4v) is 2.83. The number of benzene rings is 2. The lowest BCUT2D eigenvalue weighted by atomic mass is 10.2. The van der Waals surface area contributed by atoms with Gasteiger partial charge >= 0.3 is 0 Å². The van der Waals surface area contributed by atoms with Gasteiger partial charge in [0.15, 0.2) is 5.82 Å². The van der Waals surface area contributed by atoms with E-state index in [1.54, 1.807) is 0 Å². The molecule has 0 saturated heterocycles. The predicted octanol–water partition coefficient (Wildman–Crippen LogP) is 4.32. The van der Waals surface area contributed by atoms with Crippen molar-refractivity contribution in [2.24, 2.45) is 0 Å². The maximum Gasteiger partial charge on any atom is 0.213 e. The van der Waals surface area contributed by atoms with Gasteiger partial charge in [0, 0.05) is 22.0 Å². The number of nitrogens with zero attached hydrogens (tertiary/aromatic N) is 2. The molecule has 0 radical (unpaired) electrons. The van der Waals surface area contributed by atoms with Crippen molar-refractivity contribution < 1.29 is 0 Å². The minimum absolute atomic E-state index is 0.766. The highest BCUT2D eigenvalue weighted by Gasteiger charge is 2.05. The standard InChI is InChI=1S/C14H11N3S2/c1-3-7-11(8-4-1)13-15-14(19-16-13)17-18-12-9-5-2-6-10-12/h1-10H,(H,15,16,17). The Bertz CT molecular complexity index is 638. The third-order valence-electron chi connectivity index (χ3n) is 2.46. The third-order valence-corrected chi connectivity index (χ3v) is 4.02. The lowest BCUT2D eigenvalue weighted by Gasteiger charge is -1.99. The SMILES string of the molecule is c1ccc(SNc2nc(-c3ccccc3)ns2)cc1. The summed E-state index contributed by atoms with van der Waals surface area (Å²) in [6, 6.07) is 20.1. The van der Waals surface area contributed by atoms with Gasteiger partial charge < -0.3 is 4.72 Å². The molecule has 0 amide bonds. The zero-order valence-corrected chi connectivity index (χ0v) is 11.6. The second-order valence-corrected chi connectivity index (χ2v) is 5.44. The Morgan fingerprint density at radius 3 is 2.32 bits per heavy atom. The van der Waals surface area contributed by atoms with Crippen LogP contribution >= 0.6 is 23.5 Å². The Balaban J connectivity index is 1.69. The molecule has 0 atom stereocenters.